The van der Waals surface area contributed by atoms with Crippen LogP contribution in [0.1, 0.15) is 0 Å². The predicted molar refractivity (Wildman–Crippen MR) is 122 cm³/mol. The fraction of sp³-hybridized carbons (Fsp3) is 0.250. The first-order valence-corrected chi connectivity index (χ1v) is 11.5. The Morgan fingerprint density at radius 3 is 2.48 bits per heavy atom. The van der Waals surface area contributed by atoms with Crippen LogP contribution in [0.3, 0.4) is 0 Å². The number of ether oxygens (including phenoxy) is 3. The number of fused-ring (bicyclic) bond motifs is 1. The summed E-state index contributed by atoms with van der Waals surface area (Å²) < 4.78 is 45.7. The molecule has 0 atom stereocenters. The third-order valence-corrected chi connectivity index (χ3v) is 6.17. The van der Waals surface area contributed by atoms with E-state index in [-0.39, 0.29) is 5.88 Å². The van der Waals surface area contributed by atoms with Crippen molar-refractivity contribution in [1.29, 1.82) is 0 Å². The molecule has 0 saturated carbocycles. The van der Waals surface area contributed by atoms with Crippen LogP contribution in [0.5, 0.6) is 17.4 Å². The van der Waals surface area contributed by atoms with E-state index in [1.165, 1.54) is 17.4 Å². The molecule has 6 nitrogen and oxygen atoms in total. The molecule has 2 aromatic carbocycles. The van der Waals surface area contributed by atoms with Gasteiger partial charge in [-0.1, -0.05) is 6.07 Å². The number of morpholine rings is 1. The van der Waals surface area contributed by atoms with Gasteiger partial charge in [0.2, 0.25) is 11.6 Å². The molecule has 0 spiro atoms. The summed E-state index contributed by atoms with van der Waals surface area (Å²) in [5.74, 6) is -0.821. The quantitative estimate of drug-likeness (QED) is 0.374. The summed E-state index contributed by atoms with van der Waals surface area (Å²) in [5.41, 5.74) is 1.38. The molecule has 170 valence electrons. The first kappa shape index (κ1) is 21.7. The molecule has 0 aliphatic carbocycles. The highest BCUT2D eigenvalue weighted by molar-refractivity contribution is 7.17. The Balaban J connectivity index is 1.34. The van der Waals surface area contributed by atoms with Gasteiger partial charge in [-0.2, -0.15) is 4.98 Å². The van der Waals surface area contributed by atoms with Gasteiger partial charge in [0, 0.05) is 25.2 Å². The zero-order chi connectivity index (χ0) is 22.6. The Hall–Kier alpha value is -3.14. The molecule has 1 aliphatic rings. The molecule has 0 bridgehead atoms. The van der Waals surface area contributed by atoms with Gasteiger partial charge in [0.05, 0.1) is 18.7 Å². The lowest BCUT2D eigenvalue weighted by molar-refractivity contribution is 0.0322. The summed E-state index contributed by atoms with van der Waals surface area (Å²) in [6.45, 7) is 4.80. The van der Waals surface area contributed by atoms with Crippen molar-refractivity contribution in [1.82, 2.24) is 14.9 Å². The Morgan fingerprint density at radius 1 is 0.970 bits per heavy atom. The first-order chi connectivity index (χ1) is 16.2. The fourth-order valence-corrected chi connectivity index (χ4v) is 4.28. The summed E-state index contributed by atoms with van der Waals surface area (Å²) in [7, 11) is 0. The fourth-order valence-electron chi connectivity index (χ4n) is 3.53. The Bertz CT molecular complexity index is 1220. The molecule has 33 heavy (non-hydrogen) atoms. The van der Waals surface area contributed by atoms with Crippen molar-refractivity contribution in [3.05, 3.63) is 65.5 Å². The van der Waals surface area contributed by atoms with E-state index in [1.807, 2.05) is 35.7 Å². The lowest BCUT2D eigenvalue weighted by Gasteiger charge is -2.26. The molecule has 0 amide bonds. The molecule has 0 N–H and O–H groups in total. The standard InChI is InChI=1S/C24H21F2N3O3S/c25-18-2-1-3-19(26)21(18)32-24-22-20(8-15-33-22)27-23(28-24)16-4-6-17(7-5-16)31-14-11-29-9-12-30-13-10-29/h1-8,15H,9-14H2. The van der Waals surface area contributed by atoms with Crippen LogP contribution in [0, 0.1) is 11.6 Å². The Kier molecular flexibility index (Phi) is 6.43. The lowest BCUT2D eigenvalue weighted by Crippen LogP contribution is -2.38. The van der Waals surface area contributed by atoms with Crippen LogP contribution in [0.15, 0.2) is 53.9 Å². The highest BCUT2D eigenvalue weighted by atomic mass is 32.1. The molecule has 1 fully saturated rings. The smallest absolute Gasteiger partial charge is 0.241 e. The van der Waals surface area contributed by atoms with Gasteiger partial charge in [0.25, 0.3) is 0 Å². The highest BCUT2D eigenvalue weighted by Gasteiger charge is 2.17. The minimum Gasteiger partial charge on any atom is -0.492 e. The van der Waals surface area contributed by atoms with Crippen molar-refractivity contribution in [2.45, 2.75) is 0 Å². The number of aromatic nitrogens is 2. The Labute approximate surface area is 193 Å². The number of benzene rings is 2. The first-order valence-electron chi connectivity index (χ1n) is 10.6. The average molecular weight is 470 g/mol. The van der Waals surface area contributed by atoms with E-state index < -0.39 is 17.4 Å². The van der Waals surface area contributed by atoms with E-state index in [1.54, 1.807) is 0 Å². The zero-order valence-electron chi connectivity index (χ0n) is 17.7. The molecule has 1 aliphatic heterocycles. The van der Waals surface area contributed by atoms with Gasteiger partial charge < -0.3 is 14.2 Å². The summed E-state index contributed by atoms with van der Waals surface area (Å²) in [5, 5.41) is 1.83. The van der Waals surface area contributed by atoms with Crippen molar-refractivity contribution in [3.8, 4) is 28.8 Å². The molecule has 9 heteroatoms. The van der Waals surface area contributed by atoms with Crippen molar-refractivity contribution in [2.75, 3.05) is 39.5 Å². The third-order valence-electron chi connectivity index (χ3n) is 5.28. The minimum absolute atomic E-state index is 0.111. The van der Waals surface area contributed by atoms with Gasteiger partial charge in [0.1, 0.15) is 17.1 Å². The van der Waals surface area contributed by atoms with Crippen LogP contribution in [0.25, 0.3) is 21.6 Å². The van der Waals surface area contributed by atoms with Crippen molar-refractivity contribution in [2.24, 2.45) is 0 Å². The SMILES string of the molecule is Fc1cccc(F)c1Oc1nc(-c2ccc(OCCN3CCOCC3)cc2)nc2ccsc12. The molecule has 0 radical (unpaired) electrons. The monoisotopic (exact) mass is 469 g/mol. The molecule has 3 heterocycles. The third kappa shape index (κ3) is 4.95. The van der Waals surface area contributed by atoms with Crippen LogP contribution >= 0.6 is 11.3 Å². The summed E-state index contributed by atoms with van der Waals surface area (Å²) in [4.78, 5) is 11.3. The van der Waals surface area contributed by atoms with E-state index >= 15 is 0 Å². The largest absolute Gasteiger partial charge is 0.492 e. The minimum atomic E-state index is -0.793. The molecule has 2 aromatic heterocycles. The molecule has 1 saturated heterocycles. The number of hydrogen-bond donors (Lipinski definition) is 0. The second-order valence-electron chi connectivity index (χ2n) is 7.47. The molecular formula is C24H21F2N3O3S. The van der Waals surface area contributed by atoms with E-state index in [0.29, 0.717) is 22.6 Å². The van der Waals surface area contributed by atoms with Crippen LogP contribution in [0.4, 0.5) is 8.78 Å². The van der Waals surface area contributed by atoms with E-state index in [0.717, 1.165) is 56.3 Å². The van der Waals surface area contributed by atoms with Crippen molar-refractivity contribution in [3.63, 3.8) is 0 Å². The second-order valence-corrected chi connectivity index (χ2v) is 8.38. The predicted octanol–water partition coefficient (Wildman–Crippen LogP) is 5.14. The number of rotatable bonds is 7. The summed E-state index contributed by atoms with van der Waals surface area (Å²) in [6.07, 6.45) is 0. The van der Waals surface area contributed by atoms with Gasteiger partial charge in [0.15, 0.2) is 17.5 Å². The summed E-state index contributed by atoms with van der Waals surface area (Å²) >= 11 is 1.35. The maximum Gasteiger partial charge on any atom is 0.241 e. The second kappa shape index (κ2) is 9.78. The average Bonchev–Trinajstić information content (AvgIpc) is 3.32. The van der Waals surface area contributed by atoms with E-state index in [9.17, 15) is 8.78 Å². The number of halogens is 2. The highest BCUT2D eigenvalue weighted by Crippen LogP contribution is 2.35. The van der Waals surface area contributed by atoms with Crippen LogP contribution in [0.2, 0.25) is 0 Å². The van der Waals surface area contributed by atoms with Gasteiger partial charge in [-0.3, -0.25) is 4.90 Å². The summed E-state index contributed by atoms with van der Waals surface area (Å²) in [6, 6.07) is 12.8. The topological polar surface area (TPSA) is 56.7 Å². The maximum atomic E-state index is 14.1. The van der Waals surface area contributed by atoms with Gasteiger partial charge >= 0.3 is 0 Å². The van der Waals surface area contributed by atoms with Crippen molar-refractivity contribution >= 4 is 21.6 Å². The normalized spacial score (nSPS) is 14.5. The number of para-hydroxylation sites is 1. The number of nitrogens with zero attached hydrogens (tertiary/aromatic N) is 3. The molecule has 4 aromatic rings. The zero-order valence-corrected chi connectivity index (χ0v) is 18.5. The molecular weight excluding hydrogens is 448 g/mol. The van der Waals surface area contributed by atoms with Gasteiger partial charge in [-0.25, -0.2) is 13.8 Å². The maximum absolute atomic E-state index is 14.1. The Morgan fingerprint density at radius 2 is 1.73 bits per heavy atom. The number of thiophene rings is 1. The van der Waals surface area contributed by atoms with Crippen molar-refractivity contribution < 1.29 is 23.0 Å². The van der Waals surface area contributed by atoms with E-state index in [4.69, 9.17) is 14.2 Å². The van der Waals surface area contributed by atoms with Crippen LogP contribution in [-0.4, -0.2) is 54.3 Å². The van der Waals surface area contributed by atoms with Crippen LogP contribution in [-0.2, 0) is 4.74 Å². The molecule has 0 unspecified atom stereocenters. The molecule has 5 rings (SSSR count). The van der Waals surface area contributed by atoms with Crippen LogP contribution < -0.4 is 9.47 Å². The number of hydrogen-bond acceptors (Lipinski definition) is 7. The van der Waals surface area contributed by atoms with E-state index in [2.05, 4.69) is 14.9 Å². The van der Waals surface area contributed by atoms with Gasteiger partial charge in [-0.05, 0) is 47.8 Å². The van der Waals surface area contributed by atoms with Gasteiger partial charge in [-0.15, -0.1) is 11.3 Å². The lowest BCUT2D eigenvalue weighted by atomic mass is 10.2.